The fourth-order valence-corrected chi connectivity index (χ4v) is 10.2. The number of hydrogen-bond donors (Lipinski definition) is 0. The first-order chi connectivity index (χ1) is 32.2. The number of rotatable bonds is 8. The van der Waals surface area contributed by atoms with Crippen LogP contribution < -0.4 is 0 Å². The molecule has 0 radical (unpaired) electrons. The summed E-state index contributed by atoms with van der Waals surface area (Å²) in [7, 11) is 0. The molecule has 0 fully saturated rings. The van der Waals surface area contributed by atoms with Crippen LogP contribution in [0.5, 0.6) is 0 Å². The number of para-hydroxylation sites is 1. The van der Waals surface area contributed by atoms with E-state index in [1.807, 2.05) is 0 Å². The maximum absolute atomic E-state index is 2.41. The largest absolute Gasteiger partial charge is 0.341 e. The van der Waals surface area contributed by atoms with Gasteiger partial charge in [0.2, 0.25) is 0 Å². The van der Waals surface area contributed by atoms with E-state index in [4.69, 9.17) is 0 Å². The minimum absolute atomic E-state index is 0.947. The quantitative estimate of drug-likeness (QED) is 0.135. The van der Waals surface area contributed by atoms with Crippen molar-refractivity contribution in [1.82, 2.24) is 4.57 Å². The van der Waals surface area contributed by atoms with Crippen LogP contribution in [0.3, 0.4) is 0 Å². The highest BCUT2D eigenvalue weighted by atomic mass is 15.0. The summed E-state index contributed by atoms with van der Waals surface area (Å²) in [5, 5.41) is 7.57. The number of hydrogen-bond acceptors (Lipinski definition) is 0. The molecule has 65 heavy (non-hydrogen) atoms. The van der Waals surface area contributed by atoms with Gasteiger partial charge in [-0.05, 0) is 137 Å². The van der Waals surface area contributed by atoms with E-state index in [0.29, 0.717) is 0 Å². The molecule has 0 aliphatic carbocycles. The molecule has 0 atom stereocenters. The minimum atomic E-state index is 0.947. The van der Waals surface area contributed by atoms with E-state index >= 15 is 0 Å². The Balaban J connectivity index is 0.993. The Labute approximate surface area is 380 Å². The van der Waals surface area contributed by atoms with Gasteiger partial charge in [0.15, 0.2) is 0 Å². The van der Waals surface area contributed by atoms with Crippen LogP contribution in [-0.2, 0) is 6.54 Å². The van der Waals surface area contributed by atoms with E-state index in [0.717, 1.165) is 6.54 Å². The van der Waals surface area contributed by atoms with E-state index < -0.39 is 0 Å². The lowest BCUT2D eigenvalue weighted by molar-refractivity contribution is 0.827. The molecule has 0 spiro atoms. The lowest BCUT2D eigenvalue weighted by Crippen LogP contribution is -1.93. The predicted octanol–water partition coefficient (Wildman–Crippen LogP) is 17.8. The van der Waals surface area contributed by atoms with Crippen LogP contribution >= 0.6 is 0 Å². The second kappa shape index (κ2) is 16.1. The van der Waals surface area contributed by atoms with Crippen LogP contribution in [0.4, 0.5) is 0 Å². The SMILES string of the molecule is CCn1c2ccccc2c2cc(-c3ccc(-c4ccc(-c5c6ccc(-c7ccccc7)cc6c(-c6ccc(-c7ccccc7)cc6)c6ccc(-c7ccccc7)cc56)cc4)cc3)ccc21. The highest BCUT2D eigenvalue weighted by molar-refractivity contribution is 6.22. The number of benzene rings is 11. The van der Waals surface area contributed by atoms with E-state index in [9.17, 15) is 0 Å². The van der Waals surface area contributed by atoms with Crippen molar-refractivity contribution >= 4 is 43.4 Å². The molecule has 1 heterocycles. The molecule has 12 rings (SSSR count). The number of aromatic nitrogens is 1. The van der Waals surface area contributed by atoms with Crippen molar-refractivity contribution in [3.8, 4) is 77.9 Å². The van der Waals surface area contributed by atoms with Gasteiger partial charge in [0.25, 0.3) is 0 Å². The van der Waals surface area contributed by atoms with Gasteiger partial charge in [0.1, 0.15) is 0 Å². The molecular formula is C64H45N. The highest BCUT2D eigenvalue weighted by Gasteiger charge is 2.19. The zero-order chi connectivity index (χ0) is 43.3. The molecule has 0 saturated carbocycles. The van der Waals surface area contributed by atoms with Crippen LogP contribution in [0.2, 0.25) is 0 Å². The zero-order valence-corrected chi connectivity index (χ0v) is 36.2. The molecule has 0 amide bonds. The normalized spacial score (nSPS) is 11.5. The van der Waals surface area contributed by atoms with Crippen molar-refractivity contribution in [2.75, 3.05) is 0 Å². The van der Waals surface area contributed by atoms with Crippen molar-refractivity contribution in [2.24, 2.45) is 0 Å². The highest BCUT2D eigenvalue weighted by Crippen LogP contribution is 2.47. The van der Waals surface area contributed by atoms with Crippen molar-refractivity contribution < 1.29 is 0 Å². The van der Waals surface area contributed by atoms with Gasteiger partial charge in [-0.1, -0.05) is 212 Å². The molecule has 0 unspecified atom stereocenters. The molecule has 0 aliphatic heterocycles. The number of fused-ring (bicyclic) bond motifs is 5. The summed E-state index contributed by atoms with van der Waals surface area (Å²) in [5.74, 6) is 0. The molecule has 0 aliphatic rings. The predicted molar refractivity (Wildman–Crippen MR) is 278 cm³/mol. The van der Waals surface area contributed by atoms with E-state index in [1.54, 1.807) is 0 Å². The average molecular weight is 828 g/mol. The summed E-state index contributed by atoms with van der Waals surface area (Å²) >= 11 is 0. The summed E-state index contributed by atoms with van der Waals surface area (Å²) in [5.41, 5.74) is 19.6. The number of nitrogens with zero attached hydrogens (tertiary/aromatic N) is 1. The minimum Gasteiger partial charge on any atom is -0.341 e. The first-order valence-corrected chi connectivity index (χ1v) is 22.7. The van der Waals surface area contributed by atoms with Gasteiger partial charge in [-0.15, -0.1) is 0 Å². The molecule has 1 aromatic heterocycles. The van der Waals surface area contributed by atoms with Crippen molar-refractivity contribution in [3.05, 3.63) is 243 Å². The molecule has 0 N–H and O–H groups in total. The molecule has 0 saturated heterocycles. The summed E-state index contributed by atoms with van der Waals surface area (Å²) in [6.07, 6.45) is 0. The first-order valence-electron chi connectivity index (χ1n) is 22.7. The van der Waals surface area contributed by atoms with E-state index in [1.165, 1.54) is 121 Å². The Kier molecular flexibility index (Phi) is 9.54. The van der Waals surface area contributed by atoms with Gasteiger partial charge in [0.05, 0.1) is 0 Å². The summed E-state index contributed by atoms with van der Waals surface area (Å²) in [4.78, 5) is 0. The summed E-state index contributed by atoms with van der Waals surface area (Å²) in [6, 6.07) is 89.4. The molecule has 0 bridgehead atoms. The van der Waals surface area contributed by atoms with Gasteiger partial charge in [0, 0.05) is 28.4 Å². The average Bonchev–Trinajstić information content (AvgIpc) is 3.71. The molecular weight excluding hydrogens is 783 g/mol. The number of aryl methyl sites for hydroxylation is 1. The van der Waals surface area contributed by atoms with Gasteiger partial charge in [-0.2, -0.15) is 0 Å². The fraction of sp³-hybridized carbons (Fsp3) is 0.0312. The molecule has 1 heteroatoms. The van der Waals surface area contributed by atoms with Crippen LogP contribution in [0.15, 0.2) is 243 Å². The monoisotopic (exact) mass is 827 g/mol. The van der Waals surface area contributed by atoms with Crippen LogP contribution in [0.25, 0.3) is 121 Å². The van der Waals surface area contributed by atoms with Crippen molar-refractivity contribution in [1.29, 1.82) is 0 Å². The van der Waals surface area contributed by atoms with E-state index in [-0.39, 0.29) is 0 Å². The second-order valence-electron chi connectivity index (χ2n) is 17.1. The summed E-state index contributed by atoms with van der Waals surface area (Å²) in [6.45, 7) is 3.17. The molecule has 12 aromatic rings. The van der Waals surface area contributed by atoms with Gasteiger partial charge in [-0.25, -0.2) is 0 Å². The molecule has 1 nitrogen and oxygen atoms in total. The first kappa shape index (κ1) is 38.4. The Hall–Kier alpha value is -8.26. The van der Waals surface area contributed by atoms with Crippen LogP contribution in [0, 0.1) is 0 Å². The molecule has 11 aromatic carbocycles. The zero-order valence-electron chi connectivity index (χ0n) is 36.2. The van der Waals surface area contributed by atoms with Gasteiger partial charge in [-0.3, -0.25) is 0 Å². The lowest BCUT2D eigenvalue weighted by Gasteiger charge is -2.20. The van der Waals surface area contributed by atoms with Crippen molar-refractivity contribution in [3.63, 3.8) is 0 Å². The fourth-order valence-electron chi connectivity index (χ4n) is 10.2. The van der Waals surface area contributed by atoms with Crippen LogP contribution in [0.1, 0.15) is 6.92 Å². The smallest absolute Gasteiger partial charge is 0.0491 e. The maximum atomic E-state index is 2.41. The second-order valence-corrected chi connectivity index (χ2v) is 17.1. The Bertz CT molecular complexity index is 3680. The third-order valence-corrected chi connectivity index (χ3v) is 13.4. The Morgan fingerprint density at radius 3 is 0.985 bits per heavy atom. The third-order valence-electron chi connectivity index (χ3n) is 13.4. The standard InChI is InChI=1S/C64H45N/c1-2-65-61-21-13-12-20-55(61)58-40-54(36-39-62(58)65)49-24-22-47(23-25-49)48-28-32-51(33-29-48)64-57-38-35-52(44-16-8-4-9-17-44)41-59(57)63(50-30-26-46(27-31-50)43-14-6-3-7-15-43)56-37-34-53(42-60(56)64)45-18-10-5-11-19-45/h3-42H,2H2,1H3. The summed E-state index contributed by atoms with van der Waals surface area (Å²) < 4.78 is 2.41. The third kappa shape index (κ3) is 6.81. The van der Waals surface area contributed by atoms with Gasteiger partial charge < -0.3 is 4.57 Å². The van der Waals surface area contributed by atoms with Crippen molar-refractivity contribution in [2.45, 2.75) is 13.5 Å². The molecule has 306 valence electrons. The topological polar surface area (TPSA) is 4.93 Å². The van der Waals surface area contributed by atoms with Gasteiger partial charge >= 0.3 is 0 Å². The Morgan fingerprint density at radius 2 is 0.538 bits per heavy atom. The van der Waals surface area contributed by atoms with Crippen LogP contribution in [-0.4, -0.2) is 4.57 Å². The lowest BCUT2D eigenvalue weighted by atomic mass is 9.83. The van der Waals surface area contributed by atoms with E-state index in [2.05, 4.69) is 254 Å². The maximum Gasteiger partial charge on any atom is 0.0491 e. The Morgan fingerprint density at radius 1 is 0.231 bits per heavy atom.